The Morgan fingerprint density at radius 3 is 2.04 bits per heavy atom. The molecule has 0 bridgehead atoms. The van der Waals surface area contributed by atoms with Crippen LogP contribution < -0.4 is 10.6 Å². The Balaban J connectivity index is 4.13. The molecule has 2 N–H and O–H groups in total. The molecule has 2 amide bonds. The Labute approximate surface area is 138 Å². The number of nitrogens with zero attached hydrogens (tertiary/aromatic N) is 1. The first-order valence-corrected chi connectivity index (χ1v) is 7.76. The number of nitrogens with one attached hydrogen (secondary N) is 2. The van der Waals surface area contributed by atoms with E-state index in [1.54, 1.807) is 41.5 Å². The summed E-state index contributed by atoms with van der Waals surface area (Å²) in [6.45, 7) is 11.1. The van der Waals surface area contributed by atoms with E-state index in [0.29, 0.717) is 19.4 Å². The normalized spacial score (nSPS) is 12.7. The molecule has 0 aliphatic heterocycles. The van der Waals surface area contributed by atoms with E-state index in [4.69, 9.17) is 14.7 Å². The molecule has 23 heavy (non-hydrogen) atoms. The van der Waals surface area contributed by atoms with Crippen molar-refractivity contribution >= 4 is 12.2 Å². The fourth-order valence-electron chi connectivity index (χ4n) is 1.66. The molecule has 0 unspecified atom stereocenters. The maximum atomic E-state index is 11.7. The molecular formula is C16H29N3O4. The Morgan fingerprint density at radius 2 is 1.57 bits per heavy atom. The van der Waals surface area contributed by atoms with Crippen molar-refractivity contribution in [2.75, 3.05) is 6.54 Å². The molecule has 1 atom stereocenters. The van der Waals surface area contributed by atoms with Gasteiger partial charge in [0.15, 0.2) is 0 Å². The fraction of sp³-hybridized carbons (Fsp3) is 0.812. The topological polar surface area (TPSA) is 100 Å². The average molecular weight is 327 g/mol. The van der Waals surface area contributed by atoms with Crippen LogP contribution >= 0.6 is 0 Å². The van der Waals surface area contributed by atoms with Gasteiger partial charge in [0.05, 0.1) is 12.5 Å². The quantitative estimate of drug-likeness (QED) is 0.730. The molecular weight excluding hydrogens is 298 g/mol. The molecule has 0 aromatic rings. The van der Waals surface area contributed by atoms with Gasteiger partial charge in [-0.25, -0.2) is 9.59 Å². The number of carbonyl (C=O) groups is 2. The molecule has 0 radical (unpaired) electrons. The van der Waals surface area contributed by atoms with Crippen LogP contribution in [0.1, 0.15) is 60.8 Å². The molecule has 0 saturated heterocycles. The predicted octanol–water partition coefficient (Wildman–Crippen LogP) is 3.10. The smallest absolute Gasteiger partial charge is 0.407 e. The number of alkyl carbamates (subject to hydrolysis) is 2. The van der Waals surface area contributed by atoms with E-state index in [1.165, 1.54) is 0 Å². The Bertz CT molecular complexity index is 430. The van der Waals surface area contributed by atoms with Gasteiger partial charge in [0, 0.05) is 12.6 Å². The highest BCUT2D eigenvalue weighted by Crippen LogP contribution is 2.09. The zero-order valence-corrected chi connectivity index (χ0v) is 15.0. The Kier molecular flexibility index (Phi) is 8.44. The Hall–Kier alpha value is -1.97. The van der Waals surface area contributed by atoms with Crippen molar-refractivity contribution in [1.82, 2.24) is 10.6 Å². The van der Waals surface area contributed by atoms with E-state index in [0.717, 1.165) is 0 Å². The summed E-state index contributed by atoms with van der Waals surface area (Å²) in [5, 5.41) is 14.1. The fourth-order valence-corrected chi connectivity index (χ4v) is 1.66. The van der Waals surface area contributed by atoms with Gasteiger partial charge < -0.3 is 20.1 Å². The maximum absolute atomic E-state index is 11.7. The van der Waals surface area contributed by atoms with Gasteiger partial charge in [-0.05, 0) is 54.4 Å². The predicted molar refractivity (Wildman–Crippen MR) is 86.9 cm³/mol. The number of hydrogen-bond acceptors (Lipinski definition) is 5. The monoisotopic (exact) mass is 327 g/mol. The summed E-state index contributed by atoms with van der Waals surface area (Å²) >= 11 is 0. The van der Waals surface area contributed by atoms with Crippen LogP contribution in [0.25, 0.3) is 0 Å². The van der Waals surface area contributed by atoms with Gasteiger partial charge in [0.2, 0.25) is 0 Å². The number of ether oxygens (including phenoxy) is 2. The van der Waals surface area contributed by atoms with E-state index >= 15 is 0 Å². The molecule has 0 heterocycles. The summed E-state index contributed by atoms with van der Waals surface area (Å²) in [6.07, 6.45) is 0.336. The number of hydrogen-bond donors (Lipinski definition) is 2. The molecule has 7 heteroatoms. The molecule has 132 valence electrons. The van der Waals surface area contributed by atoms with E-state index in [1.807, 2.05) is 6.07 Å². The highest BCUT2D eigenvalue weighted by molar-refractivity contribution is 5.68. The van der Waals surface area contributed by atoms with Gasteiger partial charge >= 0.3 is 12.2 Å². The van der Waals surface area contributed by atoms with Crippen molar-refractivity contribution in [1.29, 1.82) is 5.26 Å². The Morgan fingerprint density at radius 1 is 1.04 bits per heavy atom. The van der Waals surface area contributed by atoms with E-state index < -0.39 is 23.4 Å². The van der Waals surface area contributed by atoms with Gasteiger partial charge in [-0.1, -0.05) is 0 Å². The summed E-state index contributed by atoms with van der Waals surface area (Å²) < 4.78 is 10.3. The van der Waals surface area contributed by atoms with Crippen LogP contribution in [0.5, 0.6) is 0 Å². The lowest BCUT2D eigenvalue weighted by molar-refractivity contribution is 0.0489. The van der Waals surface area contributed by atoms with Crippen molar-refractivity contribution in [2.45, 2.75) is 78.0 Å². The lowest BCUT2D eigenvalue weighted by Gasteiger charge is -2.23. The highest BCUT2D eigenvalue weighted by Gasteiger charge is 2.19. The van der Waals surface area contributed by atoms with Crippen LogP contribution in [0, 0.1) is 11.3 Å². The molecule has 0 aliphatic rings. The molecule has 0 aromatic carbocycles. The summed E-state index contributed by atoms with van der Waals surface area (Å²) in [4.78, 5) is 23.2. The van der Waals surface area contributed by atoms with E-state index in [-0.39, 0.29) is 12.5 Å². The number of rotatable bonds is 6. The van der Waals surface area contributed by atoms with Gasteiger partial charge in [-0.15, -0.1) is 0 Å². The molecule has 7 nitrogen and oxygen atoms in total. The largest absolute Gasteiger partial charge is 0.444 e. The summed E-state index contributed by atoms with van der Waals surface area (Å²) in [7, 11) is 0. The van der Waals surface area contributed by atoms with Crippen LogP contribution in [0.2, 0.25) is 0 Å². The minimum Gasteiger partial charge on any atom is -0.444 e. The zero-order valence-electron chi connectivity index (χ0n) is 15.0. The van der Waals surface area contributed by atoms with Crippen molar-refractivity contribution in [3.8, 4) is 6.07 Å². The van der Waals surface area contributed by atoms with E-state index in [2.05, 4.69) is 10.6 Å². The van der Waals surface area contributed by atoms with Gasteiger partial charge in [0.25, 0.3) is 0 Å². The van der Waals surface area contributed by atoms with Crippen LogP contribution in [-0.2, 0) is 9.47 Å². The summed E-state index contributed by atoms with van der Waals surface area (Å²) in [5.41, 5.74) is -1.12. The van der Waals surface area contributed by atoms with Crippen LogP contribution in [0.15, 0.2) is 0 Å². The molecule has 0 fully saturated rings. The van der Waals surface area contributed by atoms with Crippen molar-refractivity contribution in [3.05, 3.63) is 0 Å². The zero-order chi connectivity index (χ0) is 18.1. The lowest BCUT2D eigenvalue weighted by atomic mass is 10.1. The molecule has 0 aliphatic carbocycles. The second kappa shape index (κ2) is 9.23. The first kappa shape index (κ1) is 21.0. The first-order chi connectivity index (χ1) is 10.4. The third-order valence-corrected chi connectivity index (χ3v) is 2.46. The standard InChI is InChI=1S/C16H29N3O4/c1-15(2,3)22-13(20)18-11-7-8-12(9-10-17)19-14(21)23-16(4,5)6/h12H,7-9,11H2,1-6H3,(H,18,20)(H,19,21)/t12-/m0/s1. The minimum absolute atomic E-state index is 0.186. The van der Waals surface area contributed by atoms with Crippen LogP contribution in [0.3, 0.4) is 0 Å². The SMILES string of the molecule is CC(C)(C)OC(=O)NCCC[C@@H](CC#N)NC(=O)OC(C)(C)C. The van der Waals surface area contributed by atoms with Crippen LogP contribution in [-0.4, -0.2) is 36.0 Å². The third-order valence-electron chi connectivity index (χ3n) is 2.46. The maximum Gasteiger partial charge on any atom is 0.407 e. The van der Waals surface area contributed by atoms with Crippen molar-refractivity contribution in [3.63, 3.8) is 0 Å². The summed E-state index contributed by atoms with van der Waals surface area (Å²) in [5.74, 6) is 0. The average Bonchev–Trinajstić information content (AvgIpc) is 2.30. The summed E-state index contributed by atoms with van der Waals surface area (Å²) in [6, 6.07) is 1.72. The minimum atomic E-state index is -0.584. The van der Waals surface area contributed by atoms with Gasteiger partial charge in [0.1, 0.15) is 11.2 Å². The molecule has 0 spiro atoms. The van der Waals surface area contributed by atoms with Crippen LogP contribution in [0.4, 0.5) is 9.59 Å². The van der Waals surface area contributed by atoms with E-state index in [9.17, 15) is 9.59 Å². The molecule has 0 aromatic heterocycles. The lowest BCUT2D eigenvalue weighted by Crippen LogP contribution is -2.39. The first-order valence-electron chi connectivity index (χ1n) is 7.76. The molecule has 0 rings (SSSR count). The highest BCUT2D eigenvalue weighted by atomic mass is 16.6. The van der Waals surface area contributed by atoms with Crippen molar-refractivity contribution < 1.29 is 19.1 Å². The number of carbonyl (C=O) groups excluding carboxylic acids is 2. The second-order valence-corrected chi connectivity index (χ2v) is 7.28. The second-order valence-electron chi connectivity index (χ2n) is 7.28. The number of amides is 2. The van der Waals surface area contributed by atoms with Gasteiger partial charge in [-0.3, -0.25) is 0 Å². The van der Waals surface area contributed by atoms with Gasteiger partial charge in [-0.2, -0.15) is 5.26 Å². The number of nitriles is 1. The van der Waals surface area contributed by atoms with Crippen molar-refractivity contribution in [2.24, 2.45) is 0 Å². The molecule has 0 saturated carbocycles. The third kappa shape index (κ3) is 13.4.